The van der Waals surface area contributed by atoms with Gasteiger partial charge in [0, 0.05) is 11.5 Å². The van der Waals surface area contributed by atoms with Crippen molar-refractivity contribution in [3.05, 3.63) is 119 Å². The Morgan fingerprint density at radius 3 is 2.35 bits per heavy atom. The first-order valence-corrected chi connectivity index (χ1v) is 16.3. The lowest BCUT2D eigenvalue weighted by molar-refractivity contribution is -0.131. The van der Waals surface area contributed by atoms with Crippen LogP contribution in [0.2, 0.25) is 5.02 Å². The second-order valence-electron chi connectivity index (χ2n) is 13.3. The van der Waals surface area contributed by atoms with Crippen molar-refractivity contribution < 1.29 is 28.7 Å². The molecule has 2 aliphatic heterocycles. The summed E-state index contributed by atoms with van der Waals surface area (Å²) in [6.45, 7) is 5.52. The van der Waals surface area contributed by atoms with Gasteiger partial charge in [0.05, 0.1) is 39.6 Å². The first-order valence-electron chi connectivity index (χ1n) is 15.9. The van der Waals surface area contributed by atoms with E-state index in [0.29, 0.717) is 16.6 Å². The maximum Gasteiger partial charge on any atom is 0.241 e. The zero-order valence-electron chi connectivity index (χ0n) is 25.9. The minimum atomic E-state index is -1.39. The van der Waals surface area contributed by atoms with Gasteiger partial charge in [0.25, 0.3) is 0 Å². The van der Waals surface area contributed by atoms with Crippen LogP contribution in [0, 0.1) is 34.9 Å². The van der Waals surface area contributed by atoms with E-state index in [0.717, 1.165) is 27.5 Å². The highest BCUT2D eigenvalue weighted by Gasteiger charge is 2.68. The van der Waals surface area contributed by atoms with Crippen LogP contribution in [0.3, 0.4) is 0 Å². The maximum atomic E-state index is 14.7. The Hall–Kier alpha value is -5.08. The Labute approximate surface area is 280 Å². The molecule has 0 radical (unpaired) electrons. The molecule has 240 valence electrons. The van der Waals surface area contributed by atoms with Gasteiger partial charge in [-0.25, -0.2) is 9.29 Å². The van der Waals surface area contributed by atoms with Crippen LogP contribution in [0.4, 0.5) is 15.8 Å². The Morgan fingerprint density at radius 1 is 0.896 bits per heavy atom. The van der Waals surface area contributed by atoms with Crippen LogP contribution in [-0.4, -0.2) is 28.7 Å². The molecule has 0 aromatic heterocycles. The third-order valence-corrected chi connectivity index (χ3v) is 11.3. The number of aromatic hydroxyl groups is 1. The molecule has 4 aromatic rings. The Morgan fingerprint density at radius 2 is 1.62 bits per heavy atom. The smallest absolute Gasteiger partial charge is 0.241 e. The molecular formula is C39H30ClFN2O5. The van der Waals surface area contributed by atoms with Crippen molar-refractivity contribution in [3.63, 3.8) is 0 Å². The van der Waals surface area contributed by atoms with Crippen molar-refractivity contribution >= 4 is 63.5 Å². The van der Waals surface area contributed by atoms with E-state index >= 15 is 0 Å². The molecule has 4 aliphatic rings. The van der Waals surface area contributed by atoms with Crippen LogP contribution in [0.15, 0.2) is 97.1 Å². The maximum absolute atomic E-state index is 14.7. The zero-order chi connectivity index (χ0) is 33.6. The molecule has 8 rings (SSSR count). The Bertz CT molecular complexity index is 2140. The minimum absolute atomic E-state index is 0.0383. The summed E-state index contributed by atoms with van der Waals surface area (Å²) in [7, 11) is 0. The Kier molecular flexibility index (Phi) is 6.76. The number of hydrogen-bond acceptors (Lipinski definition) is 5. The molecule has 2 aliphatic carbocycles. The van der Waals surface area contributed by atoms with Crippen LogP contribution in [0.5, 0.6) is 5.75 Å². The molecule has 1 N–H and O–H groups in total. The van der Waals surface area contributed by atoms with Crippen LogP contribution >= 0.6 is 11.6 Å². The summed E-state index contributed by atoms with van der Waals surface area (Å²) in [5, 5.41) is 12.9. The van der Waals surface area contributed by atoms with Crippen LogP contribution < -0.4 is 9.80 Å². The van der Waals surface area contributed by atoms with Crippen LogP contribution in [0.1, 0.15) is 36.8 Å². The number of phenolic OH excluding ortho intramolecular Hbond substituents is 1. The Balaban J connectivity index is 1.31. The third-order valence-electron chi connectivity index (χ3n) is 11.1. The van der Waals surface area contributed by atoms with Crippen molar-refractivity contribution in [2.45, 2.75) is 25.7 Å². The molecule has 48 heavy (non-hydrogen) atoms. The van der Waals surface area contributed by atoms with Gasteiger partial charge in [-0.15, -0.1) is 0 Å². The topological polar surface area (TPSA) is 95.0 Å². The number of halogens is 2. The van der Waals surface area contributed by atoms with Gasteiger partial charge < -0.3 is 5.11 Å². The molecule has 3 fully saturated rings. The predicted octanol–water partition coefficient (Wildman–Crippen LogP) is 7.42. The summed E-state index contributed by atoms with van der Waals surface area (Å²) in [6, 6.07) is 21.6. The molecule has 2 saturated heterocycles. The normalized spacial score (nSPS) is 28.0. The highest BCUT2D eigenvalue weighted by Crippen LogP contribution is 2.65. The van der Waals surface area contributed by atoms with Gasteiger partial charge in [-0.05, 0) is 78.4 Å². The van der Waals surface area contributed by atoms with Gasteiger partial charge in [-0.3, -0.25) is 24.1 Å². The number of fused-ring (bicyclic) bond motifs is 5. The fourth-order valence-corrected chi connectivity index (χ4v) is 8.97. The number of carbonyl (C=O) groups excluding carboxylic acids is 4. The van der Waals surface area contributed by atoms with Gasteiger partial charge in [-0.2, -0.15) is 0 Å². The van der Waals surface area contributed by atoms with Gasteiger partial charge in [0.15, 0.2) is 0 Å². The van der Waals surface area contributed by atoms with Crippen molar-refractivity contribution in [3.8, 4) is 5.75 Å². The molecule has 6 atom stereocenters. The van der Waals surface area contributed by atoms with E-state index in [-0.39, 0.29) is 41.1 Å². The third kappa shape index (κ3) is 4.05. The zero-order valence-corrected chi connectivity index (χ0v) is 26.7. The number of hydrogen-bond donors (Lipinski definition) is 1. The van der Waals surface area contributed by atoms with Gasteiger partial charge in [0.2, 0.25) is 23.6 Å². The summed E-state index contributed by atoms with van der Waals surface area (Å²) in [4.78, 5) is 59.7. The van der Waals surface area contributed by atoms with Crippen molar-refractivity contribution in [2.75, 3.05) is 9.80 Å². The molecule has 9 heteroatoms. The largest absolute Gasteiger partial charge is 0.508 e. The number of rotatable bonds is 4. The summed E-state index contributed by atoms with van der Waals surface area (Å²) >= 11 is 6.11. The summed E-state index contributed by atoms with van der Waals surface area (Å²) < 4.78 is 14.2. The summed E-state index contributed by atoms with van der Waals surface area (Å²) in [5.41, 5.74) is 1.31. The van der Waals surface area contributed by atoms with Crippen molar-refractivity contribution in [1.82, 2.24) is 0 Å². The predicted molar refractivity (Wildman–Crippen MR) is 181 cm³/mol. The summed E-state index contributed by atoms with van der Waals surface area (Å²) in [5.74, 6) is -6.07. The standard InChI is InChI=1S/C39H30ClFN2O5/c1-3-20-8-11-22(12-9-20)42-35(45)26-15-14-25-27(32(26)37(42)47)19-28-36(46)43(23-13-16-30(41)29(40)18-23)38(48)39(28,2)34(25)33-24-7-5-4-6-21(24)10-17-31(33)44/h3-14,16-18,26-28,32,34,44H,1,15,19H2,2H3/t26-,27+,28-,32-,34+,39+/m0/s1. The number of imide groups is 2. The monoisotopic (exact) mass is 660 g/mol. The second kappa shape index (κ2) is 10.7. The fourth-order valence-electron chi connectivity index (χ4n) is 8.79. The summed E-state index contributed by atoms with van der Waals surface area (Å²) in [6.07, 6.45) is 4.04. The highest BCUT2D eigenvalue weighted by molar-refractivity contribution is 6.32. The number of phenols is 1. The SMILES string of the molecule is C=Cc1ccc(N2C(=O)[C@H]3[C@H](CC=C4[C@H]3C[C@H]3C(=O)N(c5ccc(F)c(Cl)c5)C(=O)[C@@]3(C)[C@H]4c3c(O)ccc4ccccc34)C2=O)cc1. The molecule has 0 unspecified atom stereocenters. The molecule has 0 bridgehead atoms. The number of allylic oxidation sites excluding steroid dienone is 2. The quantitative estimate of drug-likeness (QED) is 0.182. The van der Waals surface area contributed by atoms with Gasteiger partial charge in [0.1, 0.15) is 11.6 Å². The molecule has 1 saturated carbocycles. The minimum Gasteiger partial charge on any atom is -0.508 e. The lowest BCUT2D eigenvalue weighted by Crippen LogP contribution is -2.49. The number of carbonyl (C=O) groups is 4. The van der Waals surface area contributed by atoms with Crippen molar-refractivity contribution in [1.29, 1.82) is 0 Å². The lowest BCUT2D eigenvalue weighted by atomic mass is 9.51. The highest BCUT2D eigenvalue weighted by atomic mass is 35.5. The molecule has 4 amide bonds. The number of anilines is 2. The van der Waals surface area contributed by atoms with E-state index in [1.807, 2.05) is 30.3 Å². The first kappa shape index (κ1) is 30.3. The van der Waals surface area contributed by atoms with E-state index in [1.54, 1.807) is 49.4 Å². The van der Waals surface area contributed by atoms with E-state index in [2.05, 4.69) is 6.58 Å². The van der Waals surface area contributed by atoms with Crippen LogP contribution in [-0.2, 0) is 19.2 Å². The average Bonchev–Trinajstić information content (AvgIpc) is 3.46. The van der Waals surface area contributed by atoms with E-state index in [9.17, 15) is 28.7 Å². The van der Waals surface area contributed by atoms with Crippen LogP contribution in [0.25, 0.3) is 16.8 Å². The first-order chi connectivity index (χ1) is 23.1. The van der Waals surface area contributed by atoms with Gasteiger partial charge in [-0.1, -0.05) is 78.4 Å². The lowest BCUT2D eigenvalue weighted by Gasteiger charge is -2.49. The molecular weight excluding hydrogens is 631 g/mol. The fraction of sp³-hybridized carbons (Fsp3) is 0.231. The molecule has 2 heterocycles. The number of benzene rings is 4. The molecule has 0 spiro atoms. The van der Waals surface area contributed by atoms with Crippen molar-refractivity contribution in [2.24, 2.45) is 29.1 Å². The van der Waals surface area contributed by atoms with Gasteiger partial charge >= 0.3 is 0 Å². The van der Waals surface area contributed by atoms with E-state index in [4.69, 9.17) is 11.6 Å². The average molecular weight is 661 g/mol. The molecule has 7 nitrogen and oxygen atoms in total. The molecule has 4 aromatic carbocycles. The number of amides is 4. The van der Waals surface area contributed by atoms with E-state index in [1.165, 1.54) is 17.0 Å². The number of nitrogens with zero attached hydrogens (tertiary/aromatic N) is 2. The van der Waals surface area contributed by atoms with E-state index < -0.39 is 52.6 Å². The second-order valence-corrected chi connectivity index (χ2v) is 13.7.